The van der Waals surface area contributed by atoms with Crippen LogP contribution in [0.4, 0.5) is 5.69 Å². The number of nitrogens with one attached hydrogen (secondary N) is 1. The molecule has 1 spiro atoms. The lowest BCUT2D eigenvalue weighted by Crippen LogP contribution is -2.41. The van der Waals surface area contributed by atoms with E-state index in [9.17, 15) is 14.4 Å². The standard InChI is InChI=1S/C23H32N2O3/c1-15(2)17-9-8-10-18(16(3)4)21(17)24-19(26)14-25-20(27)13-23(22(25)28)11-6-5-7-12-23/h8-10,15-16H,5-7,11-14H2,1-4H3,(H,24,26). The van der Waals surface area contributed by atoms with Gasteiger partial charge in [-0.2, -0.15) is 0 Å². The number of nitrogens with zero attached hydrogens (tertiary/aromatic N) is 1. The highest BCUT2D eigenvalue weighted by Gasteiger charge is 2.51. The molecule has 0 bridgehead atoms. The number of amides is 3. The second-order valence-electron chi connectivity index (χ2n) is 8.97. The number of anilines is 1. The van der Waals surface area contributed by atoms with Gasteiger partial charge in [-0.05, 0) is 35.8 Å². The Morgan fingerprint density at radius 3 is 2.14 bits per heavy atom. The molecule has 0 aromatic heterocycles. The number of carbonyl (C=O) groups is 3. The summed E-state index contributed by atoms with van der Waals surface area (Å²) in [6.07, 6.45) is 4.89. The molecule has 1 aromatic rings. The maximum atomic E-state index is 13.0. The summed E-state index contributed by atoms with van der Waals surface area (Å²) in [4.78, 5) is 39.5. The van der Waals surface area contributed by atoms with E-state index in [1.54, 1.807) is 0 Å². The van der Waals surface area contributed by atoms with Crippen molar-refractivity contribution >= 4 is 23.4 Å². The number of carbonyl (C=O) groups excluding carboxylic acids is 3. The van der Waals surface area contributed by atoms with Gasteiger partial charge in [-0.3, -0.25) is 19.3 Å². The first-order valence-electron chi connectivity index (χ1n) is 10.5. The number of imide groups is 1. The van der Waals surface area contributed by atoms with Crippen LogP contribution in [0.15, 0.2) is 18.2 Å². The number of likely N-dealkylation sites (tertiary alicyclic amines) is 1. The first-order chi connectivity index (χ1) is 13.2. The van der Waals surface area contributed by atoms with Crippen LogP contribution in [0, 0.1) is 5.41 Å². The van der Waals surface area contributed by atoms with Gasteiger partial charge >= 0.3 is 0 Å². The van der Waals surface area contributed by atoms with E-state index in [2.05, 4.69) is 33.0 Å². The van der Waals surface area contributed by atoms with Crippen molar-refractivity contribution in [1.82, 2.24) is 4.90 Å². The van der Waals surface area contributed by atoms with Gasteiger partial charge in [-0.15, -0.1) is 0 Å². The average molecular weight is 385 g/mol. The number of hydrogen-bond acceptors (Lipinski definition) is 3. The molecule has 5 nitrogen and oxygen atoms in total. The van der Waals surface area contributed by atoms with Crippen molar-refractivity contribution in [2.45, 2.75) is 78.1 Å². The SMILES string of the molecule is CC(C)c1cccc(C(C)C)c1NC(=O)CN1C(=O)CC2(CCCCC2)C1=O. The zero-order valence-electron chi connectivity index (χ0n) is 17.5. The van der Waals surface area contributed by atoms with E-state index in [-0.39, 0.29) is 42.5 Å². The fraction of sp³-hybridized carbons (Fsp3) is 0.609. The summed E-state index contributed by atoms with van der Waals surface area (Å²) >= 11 is 0. The molecule has 0 atom stereocenters. The van der Waals surface area contributed by atoms with E-state index < -0.39 is 5.41 Å². The van der Waals surface area contributed by atoms with Gasteiger partial charge in [0.1, 0.15) is 6.54 Å². The third kappa shape index (κ3) is 3.85. The molecule has 1 saturated heterocycles. The van der Waals surface area contributed by atoms with Crippen LogP contribution < -0.4 is 5.32 Å². The second kappa shape index (κ2) is 8.06. The molecule has 3 amide bonds. The lowest BCUT2D eigenvalue weighted by molar-refractivity contribution is -0.144. The fourth-order valence-electron chi connectivity index (χ4n) is 4.66. The third-order valence-electron chi connectivity index (χ3n) is 6.24. The van der Waals surface area contributed by atoms with Crippen LogP contribution in [0.2, 0.25) is 0 Å². The minimum absolute atomic E-state index is 0.145. The van der Waals surface area contributed by atoms with Gasteiger partial charge in [0.05, 0.1) is 5.41 Å². The Hall–Kier alpha value is -2.17. The first kappa shape index (κ1) is 20.6. The molecule has 5 heteroatoms. The maximum absolute atomic E-state index is 13.0. The fourth-order valence-corrected chi connectivity index (χ4v) is 4.66. The van der Waals surface area contributed by atoms with Crippen LogP contribution in [0.25, 0.3) is 0 Å². The summed E-state index contributed by atoms with van der Waals surface area (Å²) in [5.74, 6) is -0.134. The number of para-hydroxylation sites is 1. The Labute approximate surface area is 167 Å². The smallest absolute Gasteiger partial charge is 0.244 e. The van der Waals surface area contributed by atoms with Gasteiger partial charge in [-0.25, -0.2) is 0 Å². The average Bonchev–Trinajstić information content (AvgIpc) is 2.86. The molecule has 1 aromatic carbocycles. The molecule has 1 aliphatic heterocycles. The highest BCUT2D eigenvalue weighted by atomic mass is 16.2. The quantitative estimate of drug-likeness (QED) is 0.756. The molecule has 3 rings (SSSR count). The molecule has 152 valence electrons. The van der Waals surface area contributed by atoms with Gasteiger partial charge < -0.3 is 5.32 Å². The molecule has 1 saturated carbocycles. The first-order valence-corrected chi connectivity index (χ1v) is 10.5. The van der Waals surface area contributed by atoms with Crippen LogP contribution in [0.1, 0.15) is 89.2 Å². The highest BCUT2D eigenvalue weighted by Crippen LogP contribution is 2.45. The Kier molecular flexibility index (Phi) is 5.92. The van der Waals surface area contributed by atoms with E-state index in [1.807, 2.05) is 18.2 Å². The van der Waals surface area contributed by atoms with E-state index >= 15 is 0 Å². The molecular formula is C23H32N2O3. The summed E-state index contributed by atoms with van der Waals surface area (Å²) in [7, 11) is 0. The summed E-state index contributed by atoms with van der Waals surface area (Å²) in [5.41, 5.74) is 2.42. The Morgan fingerprint density at radius 1 is 1.04 bits per heavy atom. The van der Waals surface area contributed by atoms with Gasteiger partial charge in [-0.1, -0.05) is 65.2 Å². The molecule has 0 radical (unpaired) electrons. The predicted molar refractivity (Wildman–Crippen MR) is 110 cm³/mol. The molecule has 2 fully saturated rings. The van der Waals surface area contributed by atoms with Crippen LogP contribution in [-0.4, -0.2) is 29.2 Å². The van der Waals surface area contributed by atoms with Gasteiger partial charge in [0.25, 0.3) is 0 Å². The summed E-state index contributed by atoms with van der Waals surface area (Å²) in [6.45, 7) is 8.18. The van der Waals surface area contributed by atoms with Crippen molar-refractivity contribution in [2.24, 2.45) is 5.41 Å². The zero-order chi connectivity index (χ0) is 20.5. The number of rotatable bonds is 5. The largest absolute Gasteiger partial charge is 0.324 e. The molecule has 1 N–H and O–H groups in total. The van der Waals surface area contributed by atoms with Gasteiger partial charge in [0, 0.05) is 12.1 Å². The van der Waals surface area contributed by atoms with Crippen LogP contribution in [0.5, 0.6) is 0 Å². The Balaban J connectivity index is 1.78. The predicted octanol–water partition coefficient (Wildman–Crippen LogP) is 4.58. The number of benzene rings is 1. The monoisotopic (exact) mass is 384 g/mol. The molecule has 0 unspecified atom stereocenters. The summed E-state index contributed by atoms with van der Waals surface area (Å²) in [5, 5.41) is 3.02. The van der Waals surface area contributed by atoms with Gasteiger partial charge in [0.2, 0.25) is 17.7 Å². The van der Waals surface area contributed by atoms with Crippen molar-refractivity contribution in [3.8, 4) is 0 Å². The zero-order valence-corrected chi connectivity index (χ0v) is 17.5. The topological polar surface area (TPSA) is 66.5 Å². The molecule has 2 aliphatic rings. The Morgan fingerprint density at radius 2 is 1.61 bits per heavy atom. The van der Waals surface area contributed by atoms with Crippen molar-refractivity contribution in [3.63, 3.8) is 0 Å². The van der Waals surface area contributed by atoms with Crippen molar-refractivity contribution in [1.29, 1.82) is 0 Å². The lowest BCUT2D eigenvalue weighted by atomic mass is 9.73. The van der Waals surface area contributed by atoms with E-state index in [1.165, 1.54) is 4.90 Å². The summed E-state index contributed by atoms with van der Waals surface area (Å²) in [6, 6.07) is 6.06. The molecule has 28 heavy (non-hydrogen) atoms. The minimum Gasteiger partial charge on any atom is -0.324 e. The maximum Gasteiger partial charge on any atom is 0.244 e. The van der Waals surface area contributed by atoms with E-state index in [0.717, 1.165) is 48.9 Å². The normalized spacial score (nSPS) is 19.1. The van der Waals surface area contributed by atoms with E-state index in [0.29, 0.717) is 0 Å². The minimum atomic E-state index is -0.547. The van der Waals surface area contributed by atoms with Crippen LogP contribution in [-0.2, 0) is 14.4 Å². The Bertz CT molecular complexity index is 750. The van der Waals surface area contributed by atoms with E-state index in [4.69, 9.17) is 0 Å². The van der Waals surface area contributed by atoms with Crippen LogP contribution >= 0.6 is 0 Å². The van der Waals surface area contributed by atoms with Crippen molar-refractivity contribution < 1.29 is 14.4 Å². The van der Waals surface area contributed by atoms with Crippen molar-refractivity contribution in [2.75, 3.05) is 11.9 Å². The van der Waals surface area contributed by atoms with Gasteiger partial charge in [0.15, 0.2) is 0 Å². The highest BCUT2D eigenvalue weighted by molar-refractivity contribution is 6.09. The molecular weight excluding hydrogens is 352 g/mol. The summed E-state index contributed by atoms with van der Waals surface area (Å²) < 4.78 is 0. The number of hydrogen-bond donors (Lipinski definition) is 1. The van der Waals surface area contributed by atoms with Crippen LogP contribution in [0.3, 0.4) is 0 Å². The molecule has 1 heterocycles. The third-order valence-corrected chi connectivity index (χ3v) is 6.24. The second-order valence-corrected chi connectivity index (χ2v) is 8.97. The van der Waals surface area contributed by atoms with Crippen molar-refractivity contribution in [3.05, 3.63) is 29.3 Å². The lowest BCUT2D eigenvalue weighted by Gasteiger charge is -2.30. The molecule has 1 aliphatic carbocycles.